The lowest BCUT2D eigenvalue weighted by Gasteiger charge is -2.02. The van der Waals surface area contributed by atoms with E-state index in [1.807, 2.05) is 30.3 Å². The van der Waals surface area contributed by atoms with Gasteiger partial charge in [0.05, 0.1) is 5.02 Å². The monoisotopic (exact) mass is 255 g/mol. The van der Waals surface area contributed by atoms with Crippen LogP contribution in [0.25, 0.3) is 11.1 Å². The van der Waals surface area contributed by atoms with Gasteiger partial charge in [-0.15, -0.1) is 0 Å². The highest BCUT2D eigenvalue weighted by atomic mass is 35.5. The molecule has 0 unspecified atom stereocenters. The van der Waals surface area contributed by atoms with Gasteiger partial charge in [0, 0.05) is 16.1 Å². The second kappa shape index (κ2) is 4.44. The molecule has 15 heavy (non-hydrogen) atoms. The minimum Gasteiger partial charge on any atom is -0.0843 e. The summed E-state index contributed by atoms with van der Waals surface area (Å²) in [4.78, 5) is 0. The van der Waals surface area contributed by atoms with Crippen molar-refractivity contribution in [2.24, 2.45) is 0 Å². The Kier molecular flexibility index (Phi) is 3.20. The maximum absolute atomic E-state index is 5.90. The Morgan fingerprint density at radius 1 is 0.800 bits per heavy atom. The summed E-state index contributed by atoms with van der Waals surface area (Å²) >= 11 is 17.6. The van der Waals surface area contributed by atoms with Gasteiger partial charge in [-0.05, 0) is 35.4 Å². The first kappa shape index (κ1) is 10.8. The van der Waals surface area contributed by atoms with E-state index < -0.39 is 0 Å². The van der Waals surface area contributed by atoms with Crippen LogP contribution >= 0.6 is 34.8 Å². The SMILES string of the molecule is Clc1[c]c(-c2ccc(Cl)cc2)cc(Cl)c1. The third-order valence-corrected chi connectivity index (χ3v) is 2.63. The van der Waals surface area contributed by atoms with Gasteiger partial charge < -0.3 is 0 Å². The van der Waals surface area contributed by atoms with E-state index in [1.54, 1.807) is 6.07 Å². The quantitative estimate of drug-likeness (QED) is 0.665. The van der Waals surface area contributed by atoms with Gasteiger partial charge in [-0.2, -0.15) is 0 Å². The molecule has 2 aromatic rings. The zero-order valence-corrected chi connectivity index (χ0v) is 9.87. The van der Waals surface area contributed by atoms with Crippen LogP contribution in [0, 0.1) is 6.07 Å². The molecule has 0 aromatic heterocycles. The summed E-state index contributed by atoms with van der Waals surface area (Å²) in [5, 5.41) is 1.81. The van der Waals surface area contributed by atoms with Crippen LogP contribution in [0.3, 0.4) is 0 Å². The summed E-state index contributed by atoms with van der Waals surface area (Å²) < 4.78 is 0. The van der Waals surface area contributed by atoms with Crippen molar-refractivity contribution in [3.63, 3.8) is 0 Å². The number of rotatable bonds is 1. The van der Waals surface area contributed by atoms with Crippen LogP contribution in [0.5, 0.6) is 0 Å². The number of benzene rings is 2. The number of hydrogen-bond donors (Lipinski definition) is 0. The Morgan fingerprint density at radius 2 is 1.47 bits per heavy atom. The van der Waals surface area contributed by atoms with Gasteiger partial charge in [-0.3, -0.25) is 0 Å². The molecule has 2 aromatic carbocycles. The molecule has 0 aliphatic heterocycles. The van der Waals surface area contributed by atoms with Crippen molar-refractivity contribution < 1.29 is 0 Å². The maximum atomic E-state index is 5.90. The number of halogens is 3. The van der Waals surface area contributed by atoms with Crippen molar-refractivity contribution in [2.75, 3.05) is 0 Å². The Hall–Kier alpha value is -0.690. The average molecular weight is 257 g/mol. The smallest absolute Gasteiger partial charge is 0.0506 e. The summed E-state index contributed by atoms with van der Waals surface area (Å²) in [6.07, 6.45) is 0. The highest BCUT2D eigenvalue weighted by molar-refractivity contribution is 6.35. The second-order valence-electron chi connectivity index (χ2n) is 3.07. The van der Waals surface area contributed by atoms with Crippen LogP contribution in [0.1, 0.15) is 0 Å². The fourth-order valence-corrected chi connectivity index (χ4v) is 1.91. The first-order valence-corrected chi connectivity index (χ1v) is 5.43. The molecule has 0 bridgehead atoms. The lowest BCUT2D eigenvalue weighted by Crippen LogP contribution is -1.78. The lowest BCUT2D eigenvalue weighted by atomic mass is 10.1. The number of hydrogen-bond acceptors (Lipinski definition) is 0. The molecule has 1 radical (unpaired) electrons. The molecule has 0 N–H and O–H groups in total. The van der Waals surface area contributed by atoms with Crippen molar-refractivity contribution >= 4 is 34.8 Å². The third kappa shape index (κ3) is 2.66. The molecule has 0 saturated heterocycles. The molecule has 0 saturated carbocycles. The van der Waals surface area contributed by atoms with Crippen LogP contribution in [-0.4, -0.2) is 0 Å². The topological polar surface area (TPSA) is 0 Å². The molecule has 0 aliphatic carbocycles. The standard InChI is InChI=1S/C12H6Cl3/c13-10-3-1-8(2-4-10)9-5-11(14)7-12(15)6-9/h1-5,7H. The molecule has 2 rings (SSSR count). The second-order valence-corrected chi connectivity index (χ2v) is 4.35. The van der Waals surface area contributed by atoms with E-state index in [-0.39, 0.29) is 0 Å². The van der Waals surface area contributed by atoms with Crippen molar-refractivity contribution in [1.82, 2.24) is 0 Å². The lowest BCUT2D eigenvalue weighted by molar-refractivity contribution is 1.61. The van der Waals surface area contributed by atoms with Crippen LogP contribution in [0.15, 0.2) is 36.4 Å². The van der Waals surface area contributed by atoms with E-state index in [0.717, 1.165) is 11.1 Å². The fraction of sp³-hybridized carbons (Fsp3) is 0. The predicted molar refractivity (Wildman–Crippen MR) is 65.7 cm³/mol. The summed E-state index contributed by atoms with van der Waals surface area (Å²) in [5.74, 6) is 0. The highest BCUT2D eigenvalue weighted by Crippen LogP contribution is 2.27. The molecular formula is C12H6Cl3. The van der Waals surface area contributed by atoms with E-state index in [0.29, 0.717) is 15.1 Å². The van der Waals surface area contributed by atoms with Crippen LogP contribution < -0.4 is 0 Å². The Bertz CT molecular complexity index is 454. The van der Waals surface area contributed by atoms with E-state index in [9.17, 15) is 0 Å². The van der Waals surface area contributed by atoms with Gasteiger partial charge in [-0.1, -0.05) is 46.9 Å². The summed E-state index contributed by atoms with van der Waals surface area (Å²) in [6.45, 7) is 0. The molecular weight excluding hydrogens is 250 g/mol. The van der Waals surface area contributed by atoms with Gasteiger partial charge in [0.1, 0.15) is 0 Å². The molecule has 0 aliphatic rings. The summed E-state index contributed by atoms with van der Waals surface area (Å²) in [7, 11) is 0. The van der Waals surface area contributed by atoms with E-state index in [2.05, 4.69) is 6.07 Å². The molecule has 0 spiro atoms. The maximum Gasteiger partial charge on any atom is 0.0506 e. The normalized spacial score (nSPS) is 10.3. The molecule has 0 heterocycles. The van der Waals surface area contributed by atoms with Crippen LogP contribution in [-0.2, 0) is 0 Å². The van der Waals surface area contributed by atoms with Gasteiger partial charge in [-0.25, -0.2) is 0 Å². The highest BCUT2D eigenvalue weighted by Gasteiger charge is 2.01. The van der Waals surface area contributed by atoms with Crippen molar-refractivity contribution in [3.8, 4) is 11.1 Å². The molecule has 0 atom stereocenters. The molecule has 75 valence electrons. The summed E-state index contributed by atoms with van der Waals surface area (Å²) in [6, 6.07) is 13.9. The van der Waals surface area contributed by atoms with Crippen LogP contribution in [0.4, 0.5) is 0 Å². The largest absolute Gasteiger partial charge is 0.0843 e. The van der Waals surface area contributed by atoms with E-state index in [4.69, 9.17) is 34.8 Å². The Morgan fingerprint density at radius 3 is 2.07 bits per heavy atom. The van der Waals surface area contributed by atoms with Gasteiger partial charge in [0.15, 0.2) is 0 Å². The minimum atomic E-state index is 0.507. The van der Waals surface area contributed by atoms with Gasteiger partial charge >= 0.3 is 0 Å². The fourth-order valence-electron chi connectivity index (χ4n) is 1.29. The third-order valence-electron chi connectivity index (χ3n) is 1.96. The molecule has 0 nitrogen and oxygen atoms in total. The van der Waals surface area contributed by atoms with Gasteiger partial charge in [0.25, 0.3) is 0 Å². The minimum absolute atomic E-state index is 0.507. The first-order valence-electron chi connectivity index (χ1n) is 4.29. The molecule has 3 heteroatoms. The van der Waals surface area contributed by atoms with E-state index in [1.165, 1.54) is 0 Å². The van der Waals surface area contributed by atoms with Crippen molar-refractivity contribution in [3.05, 3.63) is 57.5 Å². The van der Waals surface area contributed by atoms with Crippen molar-refractivity contribution in [1.29, 1.82) is 0 Å². The first-order chi connectivity index (χ1) is 7.15. The molecule has 0 amide bonds. The van der Waals surface area contributed by atoms with E-state index >= 15 is 0 Å². The van der Waals surface area contributed by atoms with Crippen molar-refractivity contribution in [2.45, 2.75) is 0 Å². The Balaban J connectivity index is 2.49. The molecule has 0 fully saturated rings. The predicted octanol–water partition coefficient (Wildman–Crippen LogP) is 5.11. The Labute approximate surface area is 103 Å². The summed E-state index contributed by atoms with van der Waals surface area (Å²) in [5.41, 5.74) is 1.85. The average Bonchev–Trinajstić information content (AvgIpc) is 2.17. The zero-order valence-electron chi connectivity index (χ0n) is 7.60. The van der Waals surface area contributed by atoms with Crippen LogP contribution in [0.2, 0.25) is 15.1 Å². The zero-order chi connectivity index (χ0) is 10.8. The van der Waals surface area contributed by atoms with Gasteiger partial charge in [0.2, 0.25) is 0 Å².